The number of nitrogens with one attached hydrogen (secondary N) is 1. The second-order valence-electron chi connectivity index (χ2n) is 5.04. The molecule has 1 aliphatic rings. The van der Waals surface area contributed by atoms with Gasteiger partial charge in [0.1, 0.15) is 12.4 Å². The monoisotopic (exact) mass is 292 g/mol. The number of amides is 2. The van der Waals surface area contributed by atoms with E-state index in [0.717, 1.165) is 11.3 Å². The van der Waals surface area contributed by atoms with Crippen molar-refractivity contribution in [1.82, 2.24) is 10.2 Å². The summed E-state index contributed by atoms with van der Waals surface area (Å²) < 4.78 is 10.4. The van der Waals surface area contributed by atoms with E-state index in [1.165, 1.54) is 0 Å². The van der Waals surface area contributed by atoms with Gasteiger partial charge in [0.15, 0.2) is 0 Å². The van der Waals surface area contributed by atoms with Crippen LogP contribution in [-0.4, -0.2) is 56.7 Å². The molecular weight excluding hydrogens is 272 g/mol. The number of nitrogens with zero attached hydrogens (tertiary/aromatic N) is 1. The molecule has 1 aromatic carbocycles. The van der Waals surface area contributed by atoms with Crippen molar-refractivity contribution in [3.05, 3.63) is 29.8 Å². The van der Waals surface area contributed by atoms with Gasteiger partial charge in [0.2, 0.25) is 11.8 Å². The lowest BCUT2D eigenvalue weighted by molar-refractivity contribution is -0.146. The highest BCUT2D eigenvalue weighted by molar-refractivity contribution is 5.79. The third-order valence-electron chi connectivity index (χ3n) is 3.40. The molecule has 21 heavy (non-hydrogen) atoms. The number of ether oxygens (including phenoxy) is 2. The van der Waals surface area contributed by atoms with Crippen LogP contribution in [0.15, 0.2) is 24.3 Å². The van der Waals surface area contributed by atoms with Crippen LogP contribution in [0.1, 0.15) is 5.56 Å². The maximum atomic E-state index is 11.9. The summed E-state index contributed by atoms with van der Waals surface area (Å²) in [5, 5.41) is 2.83. The van der Waals surface area contributed by atoms with Crippen LogP contribution in [-0.2, 0) is 20.7 Å². The highest BCUT2D eigenvalue weighted by Crippen LogP contribution is 2.11. The summed E-state index contributed by atoms with van der Waals surface area (Å²) in [6.07, 6.45) is 0.165. The predicted octanol–water partition coefficient (Wildman–Crippen LogP) is 0.211. The molecule has 6 nitrogen and oxygen atoms in total. The summed E-state index contributed by atoms with van der Waals surface area (Å²) in [5.74, 6) is 0.668. The van der Waals surface area contributed by atoms with Crippen molar-refractivity contribution in [2.45, 2.75) is 12.5 Å². The minimum atomic E-state index is -0.146. The first-order chi connectivity index (χ1) is 10.1. The van der Waals surface area contributed by atoms with E-state index >= 15 is 0 Å². The Bertz CT molecular complexity index is 501. The first-order valence-corrected chi connectivity index (χ1v) is 6.83. The number of benzene rings is 1. The number of carbonyl (C=O) groups excluding carboxylic acids is 2. The van der Waals surface area contributed by atoms with Crippen molar-refractivity contribution in [3.8, 4) is 5.75 Å². The Morgan fingerprint density at radius 1 is 1.43 bits per heavy atom. The largest absolute Gasteiger partial charge is 0.497 e. The number of methoxy groups -OCH3 is 1. The van der Waals surface area contributed by atoms with E-state index in [9.17, 15) is 9.59 Å². The van der Waals surface area contributed by atoms with Gasteiger partial charge < -0.3 is 19.7 Å². The first kappa shape index (κ1) is 15.3. The molecule has 0 bridgehead atoms. The van der Waals surface area contributed by atoms with Crippen LogP contribution in [0.2, 0.25) is 0 Å². The molecule has 0 aliphatic carbocycles. The summed E-state index contributed by atoms with van der Waals surface area (Å²) in [5.41, 5.74) is 0.921. The Hall–Kier alpha value is -2.08. The van der Waals surface area contributed by atoms with Crippen LogP contribution < -0.4 is 10.1 Å². The fourth-order valence-corrected chi connectivity index (χ4v) is 2.10. The fraction of sp³-hybridized carbons (Fsp3) is 0.467. The molecule has 0 spiro atoms. The average molecular weight is 292 g/mol. The zero-order valence-electron chi connectivity index (χ0n) is 12.3. The topological polar surface area (TPSA) is 67.9 Å². The molecule has 1 aliphatic heterocycles. The zero-order chi connectivity index (χ0) is 15.2. The Kier molecular flexibility index (Phi) is 5.16. The lowest BCUT2D eigenvalue weighted by Gasteiger charge is -2.29. The Morgan fingerprint density at radius 3 is 2.76 bits per heavy atom. The zero-order valence-corrected chi connectivity index (χ0v) is 12.3. The second kappa shape index (κ2) is 7.08. The van der Waals surface area contributed by atoms with Crippen molar-refractivity contribution >= 4 is 11.8 Å². The molecule has 1 aromatic rings. The summed E-state index contributed by atoms with van der Waals surface area (Å²) >= 11 is 0. The first-order valence-electron chi connectivity index (χ1n) is 6.83. The SMILES string of the molecule is COc1ccc(CC(=O)NCC2CN(C)C(=O)CO2)cc1. The van der Waals surface area contributed by atoms with Crippen molar-refractivity contribution in [2.75, 3.05) is 33.9 Å². The van der Waals surface area contributed by atoms with Gasteiger partial charge in [0, 0.05) is 20.1 Å². The summed E-state index contributed by atoms with van der Waals surface area (Å²) in [4.78, 5) is 24.8. The normalized spacial score (nSPS) is 18.5. The maximum absolute atomic E-state index is 11.9. The minimum Gasteiger partial charge on any atom is -0.497 e. The third kappa shape index (κ3) is 4.46. The quantitative estimate of drug-likeness (QED) is 0.842. The molecular formula is C15H20N2O4. The molecule has 2 rings (SSSR count). The van der Waals surface area contributed by atoms with Gasteiger partial charge in [-0.25, -0.2) is 0 Å². The highest BCUT2D eigenvalue weighted by Gasteiger charge is 2.23. The van der Waals surface area contributed by atoms with Crippen LogP contribution in [0.5, 0.6) is 5.75 Å². The predicted molar refractivity (Wildman–Crippen MR) is 77.1 cm³/mol. The second-order valence-corrected chi connectivity index (χ2v) is 5.04. The van der Waals surface area contributed by atoms with E-state index in [2.05, 4.69) is 5.32 Å². The minimum absolute atomic E-state index is 0.0317. The van der Waals surface area contributed by atoms with Crippen LogP contribution in [0.25, 0.3) is 0 Å². The van der Waals surface area contributed by atoms with E-state index in [1.807, 2.05) is 24.3 Å². The molecule has 1 N–H and O–H groups in total. The van der Waals surface area contributed by atoms with Gasteiger partial charge in [0.25, 0.3) is 0 Å². The third-order valence-corrected chi connectivity index (χ3v) is 3.40. The fourth-order valence-electron chi connectivity index (χ4n) is 2.10. The van der Waals surface area contributed by atoms with Crippen LogP contribution in [0.4, 0.5) is 0 Å². The van der Waals surface area contributed by atoms with Crippen LogP contribution in [0, 0.1) is 0 Å². The van der Waals surface area contributed by atoms with Gasteiger partial charge in [-0.2, -0.15) is 0 Å². The van der Waals surface area contributed by atoms with Crippen LogP contribution in [0.3, 0.4) is 0 Å². The molecule has 0 saturated carbocycles. The molecule has 1 saturated heterocycles. The molecule has 0 radical (unpaired) electrons. The van der Waals surface area contributed by atoms with E-state index in [-0.39, 0.29) is 24.5 Å². The maximum Gasteiger partial charge on any atom is 0.248 e. The van der Waals surface area contributed by atoms with E-state index in [0.29, 0.717) is 19.5 Å². The Morgan fingerprint density at radius 2 is 2.14 bits per heavy atom. The number of likely N-dealkylation sites (N-methyl/N-ethyl adjacent to an activating group) is 1. The molecule has 2 amide bonds. The van der Waals surface area contributed by atoms with Gasteiger partial charge in [0.05, 0.1) is 19.6 Å². The van der Waals surface area contributed by atoms with E-state index in [1.54, 1.807) is 19.1 Å². The lowest BCUT2D eigenvalue weighted by Crippen LogP contribution is -2.48. The lowest BCUT2D eigenvalue weighted by atomic mass is 10.1. The van der Waals surface area contributed by atoms with E-state index < -0.39 is 0 Å². The molecule has 1 unspecified atom stereocenters. The molecule has 0 aromatic heterocycles. The molecule has 1 atom stereocenters. The van der Waals surface area contributed by atoms with Gasteiger partial charge >= 0.3 is 0 Å². The van der Waals surface area contributed by atoms with E-state index in [4.69, 9.17) is 9.47 Å². The Balaban J connectivity index is 1.75. The summed E-state index contributed by atoms with van der Waals surface area (Å²) in [7, 11) is 3.34. The summed E-state index contributed by atoms with van der Waals surface area (Å²) in [6, 6.07) is 7.38. The summed E-state index contributed by atoms with van der Waals surface area (Å²) in [6.45, 7) is 0.990. The highest BCUT2D eigenvalue weighted by atomic mass is 16.5. The average Bonchev–Trinajstić information content (AvgIpc) is 2.49. The molecule has 1 heterocycles. The van der Waals surface area contributed by atoms with Crippen molar-refractivity contribution in [1.29, 1.82) is 0 Å². The van der Waals surface area contributed by atoms with Crippen molar-refractivity contribution in [3.63, 3.8) is 0 Å². The number of hydrogen-bond donors (Lipinski definition) is 1. The number of hydrogen-bond acceptors (Lipinski definition) is 4. The number of morpholine rings is 1. The van der Waals surface area contributed by atoms with Gasteiger partial charge in [-0.1, -0.05) is 12.1 Å². The van der Waals surface area contributed by atoms with Crippen LogP contribution >= 0.6 is 0 Å². The number of rotatable bonds is 5. The molecule has 114 valence electrons. The number of carbonyl (C=O) groups is 2. The van der Waals surface area contributed by atoms with Crippen molar-refractivity contribution < 1.29 is 19.1 Å². The van der Waals surface area contributed by atoms with Gasteiger partial charge in [-0.15, -0.1) is 0 Å². The van der Waals surface area contributed by atoms with Crippen molar-refractivity contribution in [2.24, 2.45) is 0 Å². The Labute approximate surface area is 124 Å². The molecule has 1 fully saturated rings. The standard InChI is InChI=1S/C15H20N2O4/c1-17-9-13(21-10-15(17)19)8-16-14(18)7-11-3-5-12(20-2)6-4-11/h3-6,13H,7-10H2,1-2H3,(H,16,18). The van der Waals surface area contributed by atoms with Gasteiger partial charge in [-0.05, 0) is 17.7 Å². The smallest absolute Gasteiger partial charge is 0.248 e. The molecule has 6 heteroatoms. The van der Waals surface area contributed by atoms with Gasteiger partial charge in [-0.3, -0.25) is 9.59 Å².